The van der Waals surface area contributed by atoms with E-state index in [-0.39, 0.29) is 0 Å². The quantitative estimate of drug-likeness (QED) is 0.779. The molecule has 1 aliphatic heterocycles. The van der Waals surface area contributed by atoms with Crippen molar-refractivity contribution < 1.29 is 4.74 Å². The molecule has 5 heteroatoms. The second-order valence-corrected chi connectivity index (χ2v) is 6.16. The lowest BCUT2D eigenvalue weighted by molar-refractivity contribution is 0.152. The molecule has 1 aromatic rings. The molecule has 0 amide bonds. The van der Waals surface area contributed by atoms with Crippen molar-refractivity contribution >= 4 is 11.3 Å². The van der Waals surface area contributed by atoms with Crippen molar-refractivity contribution in [3.63, 3.8) is 0 Å². The van der Waals surface area contributed by atoms with Crippen LogP contribution in [-0.2, 0) is 17.8 Å². The predicted molar refractivity (Wildman–Crippen MR) is 79.4 cm³/mol. The van der Waals surface area contributed by atoms with Crippen molar-refractivity contribution in [3.05, 3.63) is 16.1 Å². The topological polar surface area (TPSA) is 37.4 Å². The fourth-order valence-electron chi connectivity index (χ4n) is 2.46. The first-order valence-electron chi connectivity index (χ1n) is 7.16. The van der Waals surface area contributed by atoms with Gasteiger partial charge in [-0.1, -0.05) is 6.42 Å². The lowest BCUT2D eigenvalue weighted by Gasteiger charge is -2.32. The van der Waals surface area contributed by atoms with Crippen molar-refractivity contribution in [2.24, 2.45) is 0 Å². The molecule has 2 heterocycles. The van der Waals surface area contributed by atoms with Crippen LogP contribution in [0, 0.1) is 0 Å². The Balaban J connectivity index is 1.76. The van der Waals surface area contributed by atoms with E-state index in [1.165, 1.54) is 30.8 Å². The minimum Gasteiger partial charge on any atom is -0.383 e. The van der Waals surface area contributed by atoms with Gasteiger partial charge in [-0.2, -0.15) is 0 Å². The second kappa shape index (κ2) is 7.94. The van der Waals surface area contributed by atoms with Gasteiger partial charge in [-0.05, 0) is 26.3 Å². The first kappa shape index (κ1) is 14.9. The molecule has 1 aliphatic rings. The number of rotatable bonds is 7. The van der Waals surface area contributed by atoms with Gasteiger partial charge in [0.05, 0.1) is 18.8 Å². The van der Waals surface area contributed by atoms with Crippen LogP contribution in [0.15, 0.2) is 5.38 Å². The number of thiazole rings is 1. The third-order valence-electron chi connectivity index (χ3n) is 3.67. The Kier molecular flexibility index (Phi) is 6.23. The molecule has 0 radical (unpaired) electrons. The van der Waals surface area contributed by atoms with Gasteiger partial charge in [-0.3, -0.25) is 4.90 Å². The van der Waals surface area contributed by atoms with Crippen LogP contribution in [-0.4, -0.2) is 42.7 Å². The summed E-state index contributed by atoms with van der Waals surface area (Å²) in [6.45, 7) is 7.05. The number of nitrogens with one attached hydrogen (secondary N) is 1. The Hall–Kier alpha value is -0.490. The highest BCUT2D eigenvalue weighted by Gasteiger charge is 2.19. The maximum Gasteiger partial charge on any atom is 0.107 e. The molecule has 1 atom stereocenters. The molecule has 19 heavy (non-hydrogen) atoms. The van der Waals surface area contributed by atoms with Crippen LogP contribution in [0.1, 0.15) is 36.9 Å². The maximum absolute atomic E-state index is 5.01. The number of hydrogen-bond acceptors (Lipinski definition) is 5. The maximum atomic E-state index is 5.01. The van der Waals surface area contributed by atoms with E-state index in [4.69, 9.17) is 9.72 Å². The Morgan fingerprint density at radius 3 is 3.21 bits per heavy atom. The SMILES string of the molecule is COCCNCc1csc(CN2CCCCC2C)n1. The van der Waals surface area contributed by atoms with E-state index in [9.17, 15) is 0 Å². The summed E-state index contributed by atoms with van der Waals surface area (Å²) in [5, 5.41) is 6.75. The third-order valence-corrected chi connectivity index (χ3v) is 4.55. The van der Waals surface area contributed by atoms with Crippen LogP contribution >= 0.6 is 11.3 Å². The molecule has 0 bridgehead atoms. The summed E-state index contributed by atoms with van der Waals surface area (Å²) in [5.41, 5.74) is 1.15. The molecule has 0 aromatic carbocycles. The molecule has 4 nitrogen and oxygen atoms in total. The molecule has 0 aliphatic carbocycles. The van der Waals surface area contributed by atoms with Crippen LogP contribution in [0.2, 0.25) is 0 Å². The summed E-state index contributed by atoms with van der Waals surface area (Å²) in [5.74, 6) is 0. The van der Waals surface area contributed by atoms with Crippen LogP contribution in [0.4, 0.5) is 0 Å². The summed E-state index contributed by atoms with van der Waals surface area (Å²) in [4.78, 5) is 7.27. The summed E-state index contributed by atoms with van der Waals surface area (Å²) in [6, 6.07) is 0.709. The first-order chi connectivity index (χ1) is 9.29. The zero-order chi connectivity index (χ0) is 13.5. The highest BCUT2D eigenvalue weighted by molar-refractivity contribution is 7.09. The zero-order valence-corrected chi connectivity index (χ0v) is 12.8. The molecule has 1 unspecified atom stereocenters. The van der Waals surface area contributed by atoms with Gasteiger partial charge >= 0.3 is 0 Å². The number of likely N-dealkylation sites (tertiary alicyclic amines) is 1. The van der Waals surface area contributed by atoms with Gasteiger partial charge in [-0.15, -0.1) is 11.3 Å². The van der Waals surface area contributed by atoms with Crippen molar-refractivity contribution in [1.29, 1.82) is 0 Å². The number of hydrogen-bond donors (Lipinski definition) is 1. The average molecular weight is 283 g/mol. The highest BCUT2D eigenvalue weighted by Crippen LogP contribution is 2.20. The largest absolute Gasteiger partial charge is 0.383 e. The number of aromatic nitrogens is 1. The van der Waals surface area contributed by atoms with Gasteiger partial charge < -0.3 is 10.1 Å². The van der Waals surface area contributed by atoms with E-state index in [1.807, 2.05) is 0 Å². The highest BCUT2D eigenvalue weighted by atomic mass is 32.1. The van der Waals surface area contributed by atoms with Gasteiger partial charge in [0, 0.05) is 31.6 Å². The minimum absolute atomic E-state index is 0.709. The van der Waals surface area contributed by atoms with Gasteiger partial charge in [0.1, 0.15) is 5.01 Å². The zero-order valence-electron chi connectivity index (χ0n) is 12.0. The Labute approximate surface area is 120 Å². The fraction of sp³-hybridized carbons (Fsp3) is 0.786. The molecule has 108 valence electrons. The van der Waals surface area contributed by atoms with E-state index < -0.39 is 0 Å². The molecule has 1 fully saturated rings. The van der Waals surface area contributed by atoms with Gasteiger partial charge in [0.15, 0.2) is 0 Å². The van der Waals surface area contributed by atoms with E-state index >= 15 is 0 Å². The molecular formula is C14H25N3OS. The van der Waals surface area contributed by atoms with E-state index in [0.29, 0.717) is 6.04 Å². The molecule has 1 aromatic heterocycles. The standard InChI is InChI=1S/C14H25N3OS/c1-12-5-3-4-7-17(12)10-14-16-13(11-19-14)9-15-6-8-18-2/h11-12,15H,3-10H2,1-2H3. The molecular weight excluding hydrogens is 258 g/mol. The number of piperidine rings is 1. The smallest absolute Gasteiger partial charge is 0.107 e. The number of nitrogens with zero attached hydrogens (tertiary/aromatic N) is 2. The minimum atomic E-state index is 0.709. The molecule has 0 spiro atoms. The lowest BCUT2D eigenvalue weighted by atomic mass is 10.0. The average Bonchev–Trinajstić information content (AvgIpc) is 2.85. The molecule has 0 saturated carbocycles. The Morgan fingerprint density at radius 2 is 2.42 bits per heavy atom. The van der Waals surface area contributed by atoms with Crippen molar-refractivity contribution in [2.45, 2.75) is 45.3 Å². The number of methoxy groups -OCH3 is 1. The molecule has 1 saturated heterocycles. The van der Waals surface area contributed by atoms with Gasteiger partial charge in [0.25, 0.3) is 0 Å². The predicted octanol–water partition coefficient (Wildman–Crippen LogP) is 2.25. The summed E-state index contributed by atoms with van der Waals surface area (Å²) in [6.07, 6.45) is 4.04. The van der Waals surface area contributed by atoms with Crippen molar-refractivity contribution in [1.82, 2.24) is 15.2 Å². The summed E-state index contributed by atoms with van der Waals surface area (Å²) in [7, 11) is 1.72. The van der Waals surface area contributed by atoms with E-state index in [0.717, 1.165) is 31.9 Å². The van der Waals surface area contributed by atoms with E-state index in [1.54, 1.807) is 18.4 Å². The van der Waals surface area contributed by atoms with Crippen LogP contribution in [0.25, 0.3) is 0 Å². The second-order valence-electron chi connectivity index (χ2n) is 5.22. The van der Waals surface area contributed by atoms with Crippen LogP contribution in [0.5, 0.6) is 0 Å². The van der Waals surface area contributed by atoms with Crippen LogP contribution < -0.4 is 5.32 Å². The monoisotopic (exact) mass is 283 g/mol. The van der Waals surface area contributed by atoms with Crippen LogP contribution in [0.3, 0.4) is 0 Å². The Bertz CT molecular complexity index is 369. The first-order valence-corrected chi connectivity index (χ1v) is 8.04. The van der Waals surface area contributed by atoms with Crippen molar-refractivity contribution in [3.8, 4) is 0 Å². The van der Waals surface area contributed by atoms with Gasteiger partial charge in [-0.25, -0.2) is 4.98 Å². The summed E-state index contributed by atoms with van der Waals surface area (Å²) < 4.78 is 5.01. The lowest BCUT2D eigenvalue weighted by Crippen LogP contribution is -2.36. The number of ether oxygens (including phenoxy) is 1. The summed E-state index contributed by atoms with van der Waals surface area (Å²) >= 11 is 1.78. The molecule has 1 N–H and O–H groups in total. The van der Waals surface area contributed by atoms with Crippen molar-refractivity contribution in [2.75, 3.05) is 26.8 Å². The Morgan fingerprint density at radius 1 is 1.53 bits per heavy atom. The fourth-order valence-corrected chi connectivity index (χ4v) is 3.28. The third kappa shape index (κ3) is 4.84. The molecule has 2 rings (SSSR count). The van der Waals surface area contributed by atoms with Gasteiger partial charge in [0.2, 0.25) is 0 Å². The van der Waals surface area contributed by atoms with E-state index in [2.05, 4.69) is 22.5 Å². The normalized spacial score (nSPS) is 20.8.